The molecule has 0 aliphatic heterocycles. The summed E-state index contributed by atoms with van der Waals surface area (Å²) in [5, 5.41) is 8.25. The van der Waals surface area contributed by atoms with E-state index in [1.165, 1.54) is 132 Å². The first-order valence-corrected chi connectivity index (χ1v) is 35.2. The number of nitrogens with one attached hydrogen (secondary N) is 3. The molecule has 12 aromatic rings. The van der Waals surface area contributed by atoms with Gasteiger partial charge in [-0.1, -0.05) is 61.5 Å². The molecular weight excluding hydrogens is 1340 g/mol. The minimum absolute atomic E-state index is 0.0253. The van der Waals surface area contributed by atoms with Gasteiger partial charge < -0.3 is 42.9 Å². The lowest BCUT2D eigenvalue weighted by molar-refractivity contribution is 0.0598. The predicted octanol–water partition coefficient (Wildman–Crippen LogP) is 19.7. The Kier molecular flexibility index (Phi) is 19.7. The van der Waals surface area contributed by atoms with Crippen molar-refractivity contribution in [3.8, 4) is 68.1 Å². The summed E-state index contributed by atoms with van der Waals surface area (Å²) in [4.78, 5) is 59.6. The number of carbonyl (C=O) groups excluding carboxylic acids is 3. The largest absolute Gasteiger partial charge is 0.449 e. The van der Waals surface area contributed by atoms with E-state index in [0.717, 1.165) is 95.5 Å². The van der Waals surface area contributed by atoms with Crippen molar-refractivity contribution in [1.29, 1.82) is 0 Å². The van der Waals surface area contributed by atoms with Crippen molar-refractivity contribution >= 4 is 46.4 Å². The molecule has 4 aromatic carbocycles. The summed E-state index contributed by atoms with van der Waals surface area (Å²) in [7, 11) is 0. The summed E-state index contributed by atoms with van der Waals surface area (Å²) in [6.45, 7) is 1.63. The van der Waals surface area contributed by atoms with Crippen LogP contribution in [0.15, 0.2) is 203 Å². The van der Waals surface area contributed by atoms with Crippen LogP contribution in [0.4, 0.5) is 39.0 Å². The fourth-order valence-corrected chi connectivity index (χ4v) is 15.8. The predicted molar refractivity (Wildman–Crippen MR) is 380 cm³/mol. The molecule has 103 heavy (non-hydrogen) atoms. The molecule has 1 atom stereocenters. The summed E-state index contributed by atoms with van der Waals surface area (Å²) in [5.41, 5.74) is 6.99. The molecule has 3 amide bonds. The van der Waals surface area contributed by atoms with Crippen LogP contribution in [0, 0.1) is 64.6 Å². The second-order valence-electron chi connectivity index (χ2n) is 27.4. The Morgan fingerprint density at radius 3 is 1.37 bits per heavy atom. The smallest absolute Gasteiger partial charge is 0.291 e. The number of halogens is 6. The average molecular weight is 1410 g/mol. The van der Waals surface area contributed by atoms with Gasteiger partial charge in [0.05, 0.1) is 65.5 Å². The van der Waals surface area contributed by atoms with Gasteiger partial charge in [0.2, 0.25) is 0 Å². The number of aromatic nitrogens is 8. The summed E-state index contributed by atoms with van der Waals surface area (Å²) in [6, 6.07) is 38.9. The molecule has 23 heteroatoms. The van der Waals surface area contributed by atoms with Crippen molar-refractivity contribution in [1.82, 2.24) is 38.6 Å². The fraction of sp³-hybridized carbons (Fsp3) is 0.275. The number of imidazole rings is 3. The van der Waals surface area contributed by atoms with Crippen molar-refractivity contribution < 1.29 is 49.6 Å². The van der Waals surface area contributed by atoms with Crippen LogP contribution in [0.2, 0.25) is 5.02 Å². The van der Waals surface area contributed by atoms with E-state index >= 15 is 0 Å². The van der Waals surface area contributed by atoms with Gasteiger partial charge >= 0.3 is 0 Å². The van der Waals surface area contributed by atoms with Crippen molar-refractivity contribution in [2.24, 2.45) is 35.5 Å². The van der Waals surface area contributed by atoms with Crippen molar-refractivity contribution in [2.75, 3.05) is 16.0 Å². The second kappa shape index (κ2) is 29.9. The summed E-state index contributed by atoms with van der Waals surface area (Å²) >= 11 is 6.06. The molecule has 7 fully saturated rings. The third-order valence-electron chi connectivity index (χ3n) is 20.6. The third kappa shape index (κ3) is 15.0. The minimum Gasteiger partial charge on any atom is -0.449 e. The number of benzene rings is 4. The number of pyridine rings is 2. The van der Waals surface area contributed by atoms with Crippen LogP contribution in [0.25, 0.3) is 68.1 Å². The molecule has 7 aliphatic carbocycles. The maximum absolute atomic E-state index is 14.0. The molecule has 3 N–H and O–H groups in total. The maximum Gasteiger partial charge on any atom is 0.291 e. The Morgan fingerprint density at radius 1 is 0.447 bits per heavy atom. The summed E-state index contributed by atoms with van der Waals surface area (Å²) in [5.74, 6) is 1.97. The third-order valence-corrected chi connectivity index (χ3v) is 20.9. The Morgan fingerprint density at radius 2 is 0.893 bits per heavy atom. The Hall–Kier alpha value is -11.0. The van der Waals surface area contributed by atoms with Gasteiger partial charge in [0.15, 0.2) is 46.2 Å². The SMILES string of the molecule is O=C(Nc1ccccc1F)c1ccc(-c2c(-c3ccc(F)cc3)ncn2CC2CC3CC(C3)C2)o1.O=C(Nc1ccncc1F)c1ccc(-c2c(-c3ccc(Cl)cc3)ncn2C2CCCC2)o1.O=C(Nc1ccncc1F)c1ccc(-c2c(-c3ccc(F)cc3)ncn2CC2CC3CCC2CC3)o1. The number of hydrogen-bond donors (Lipinski definition) is 3. The lowest BCUT2D eigenvalue weighted by Crippen LogP contribution is -2.35. The number of fused-ring (bicyclic) bond motifs is 5. The van der Waals surface area contributed by atoms with Crippen LogP contribution < -0.4 is 16.0 Å². The number of carbonyl (C=O) groups is 3. The van der Waals surface area contributed by atoms with E-state index in [9.17, 15) is 36.3 Å². The molecule has 8 heterocycles. The van der Waals surface area contributed by atoms with Gasteiger partial charge in [0.25, 0.3) is 17.7 Å². The number of furan rings is 3. The van der Waals surface area contributed by atoms with E-state index in [1.807, 2.05) is 36.9 Å². The normalized spacial score (nSPS) is 18.8. The highest BCUT2D eigenvalue weighted by molar-refractivity contribution is 6.30. The van der Waals surface area contributed by atoms with Gasteiger partial charge in [-0.25, -0.2) is 36.9 Å². The summed E-state index contributed by atoms with van der Waals surface area (Å²) in [6.07, 6.45) is 26.4. The van der Waals surface area contributed by atoms with Gasteiger partial charge in [-0.05, 0) is 215 Å². The quantitative estimate of drug-likeness (QED) is 0.0731. The van der Waals surface area contributed by atoms with Crippen molar-refractivity contribution in [2.45, 2.75) is 103 Å². The van der Waals surface area contributed by atoms with Gasteiger partial charge in [-0.3, -0.25) is 24.4 Å². The van der Waals surface area contributed by atoms with Crippen LogP contribution in [0.3, 0.4) is 0 Å². The monoisotopic (exact) mass is 1410 g/mol. The van der Waals surface area contributed by atoms with E-state index in [4.69, 9.17) is 24.9 Å². The van der Waals surface area contributed by atoms with Crippen molar-refractivity contribution in [3.05, 3.63) is 241 Å². The van der Waals surface area contributed by atoms with E-state index in [-0.39, 0.29) is 46.0 Å². The zero-order chi connectivity index (χ0) is 70.7. The highest BCUT2D eigenvalue weighted by Gasteiger charge is 2.39. The fourth-order valence-electron chi connectivity index (χ4n) is 15.6. The number of hydrogen-bond acceptors (Lipinski definition) is 11. The molecule has 17 nitrogen and oxygen atoms in total. The van der Waals surface area contributed by atoms with Crippen LogP contribution in [-0.2, 0) is 13.1 Å². The van der Waals surface area contributed by atoms with Crippen LogP contribution in [0.1, 0.15) is 121 Å². The van der Waals surface area contributed by atoms with Crippen LogP contribution >= 0.6 is 11.6 Å². The molecule has 0 spiro atoms. The van der Waals surface area contributed by atoms with Gasteiger partial charge in [-0.2, -0.15) is 0 Å². The average Bonchev–Trinajstić information content (AvgIpc) is 1.65. The zero-order valence-corrected chi connectivity index (χ0v) is 56.6. The van der Waals surface area contributed by atoms with E-state index in [1.54, 1.807) is 79.1 Å². The molecule has 19 rings (SSSR count). The molecule has 7 aliphatic rings. The minimum atomic E-state index is -0.629. The first kappa shape index (κ1) is 67.8. The van der Waals surface area contributed by atoms with E-state index in [0.29, 0.717) is 57.5 Å². The Bertz CT molecular complexity index is 4990. The molecule has 4 bridgehead atoms. The highest BCUT2D eigenvalue weighted by atomic mass is 35.5. The highest BCUT2D eigenvalue weighted by Crippen LogP contribution is 2.50. The molecule has 1 unspecified atom stereocenters. The number of para-hydroxylation sites is 1. The number of amides is 3. The summed E-state index contributed by atoms with van der Waals surface area (Å²) < 4.78 is 93.2. The van der Waals surface area contributed by atoms with Gasteiger partial charge in [-0.15, -0.1) is 0 Å². The maximum atomic E-state index is 14.0. The lowest BCUT2D eigenvalue weighted by atomic mass is 9.61. The molecule has 524 valence electrons. The molecule has 8 aromatic heterocycles. The molecule has 0 radical (unpaired) electrons. The lowest BCUT2D eigenvalue weighted by Gasteiger charge is -2.45. The van der Waals surface area contributed by atoms with Gasteiger partial charge in [0, 0.05) is 53.2 Å². The first-order chi connectivity index (χ1) is 50.2. The zero-order valence-electron chi connectivity index (χ0n) is 55.8. The number of anilines is 3. The molecular formula is C80H71ClF5N11O6. The van der Waals surface area contributed by atoms with Gasteiger partial charge in [0.1, 0.15) is 34.5 Å². The van der Waals surface area contributed by atoms with Crippen LogP contribution in [0.5, 0.6) is 0 Å². The molecule has 0 saturated heterocycles. The topological polar surface area (TPSA) is 206 Å². The first-order valence-electron chi connectivity index (χ1n) is 34.8. The van der Waals surface area contributed by atoms with E-state index < -0.39 is 35.2 Å². The number of nitrogens with zero attached hydrogens (tertiary/aromatic N) is 8. The molecule has 7 saturated carbocycles. The van der Waals surface area contributed by atoms with E-state index in [2.05, 4.69) is 54.6 Å². The standard InChI is InChI=1S/C28H26F2N4O2.C28H25F2N3O2.C24H20ClFN4O2/c29-21-7-5-19(6-8-21)26-27(34(16-32-26)15-20-13-17-1-3-18(20)4-2-17)24-9-10-25(36-24)28(35)33-23-11-12-31-14-22(23)30;29-21-7-5-20(6-8-21)26-27(33(16-31-26)15-19-13-17-11-18(12-17)14-19)24-9-10-25(35-24)28(34)32-23-4-2-1-3-22(23)30;25-16-7-5-15(6-8-16)22-23(30(14-28-22)17-3-1-2-4-17)20-9-10-21(32-20)24(31)29-19-11-12-27-13-18(19)26/h5-12,14,16-18,20H,1-4,13,15H2,(H,31,33,35);1-10,16-19H,11-15H2,(H,32,34);5-14,17H,1-4H2,(H,27,29,31). The Balaban J connectivity index is 0.000000125. The van der Waals surface area contributed by atoms with Crippen LogP contribution in [-0.4, -0.2) is 56.3 Å². The number of rotatable bonds is 17. The second-order valence-corrected chi connectivity index (χ2v) is 27.8. The Labute approximate surface area is 594 Å². The van der Waals surface area contributed by atoms with Crippen molar-refractivity contribution in [3.63, 3.8) is 0 Å².